The molecule has 5 heteroatoms. The van der Waals surface area contributed by atoms with Crippen LogP contribution in [0.1, 0.15) is 6.92 Å². The normalized spacial score (nSPS) is 19.0. The Hall–Kier alpha value is -2.04. The predicted molar refractivity (Wildman–Crippen MR) is 62.7 cm³/mol. The molecule has 0 saturated carbocycles. The Kier molecular flexibility index (Phi) is 3.27. The third kappa shape index (κ3) is 2.55. The molecule has 1 heterocycles. The average Bonchev–Trinajstić information content (AvgIpc) is 2.69. The number of carbonyl (C=O) groups excluding carboxylic acids is 2. The third-order valence-electron chi connectivity index (χ3n) is 2.58. The summed E-state index contributed by atoms with van der Waals surface area (Å²) in [5.41, 5.74) is 0.783. The molecular formula is C12H14N2O3. The molecule has 0 bridgehead atoms. The summed E-state index contributed by atoms with van der Waals surface area (Å²) < 4.78 is 5.00. The highest BCUT2D eigenvalue weighted by molar-refractivity contribution is 5.90. The lowest BCUT2D eigenvalue weighted by molar-refractivity contribution is -0.119. The van der Waals surface area contributed by atoms with E-state index in [0.29, 0.717) is 13.2 Å². The van der Waals surface area contributed by atoms with Crippen molar-refractivity contribution in [2.75, 3.05) is 18.1 Å². The van der Waals surface area contributed by atoms with Gasteiger partial charge in [0.1, 0.15) is 6.61 Å². The third-order valence-corrected chi connectivity index (χ3v) is 2.58. The van der Waals surface area contributed by atoms with Gasteiger partial charge in [-0.15, -0.1) is 0 Å². The first-order valence-corrected chi connectivity index (χ1v) is 5.44. The number of hydrogen-bond acceptors (Lipinski definition) is 3. The molecule has 1 aromatic rings. The SMILES string of the molecule is CC(=O)NCC1COC(=O)N1c1ccccc1. The summed E-state index contributed by atoms with van der Waals surface area (Å²) in [6.45, 7) is 2.15. The van der Waals surface area contributed by atoms with Gasteiger partial charge in [-0.25, -0.2) is 4.79 Å². The van der Waals surface area contributed by atoms with Crippen molar-refractivity contribution < 1.29 is 14.3 Å². The molecule has 0 radical (unpaired) electrons. The standard InChI is InChI=1S/C12H14N2O3/c1-9(15)13-7-11-8-17-12(16)14(11)10-5-3-2-4-6-10/h2-6,11H,7-8H2,1H3,(H,13,15). The van der Waals surface area contributed by atoms with Crippen molar-refractivity contribution in [3.8, 4) is 0 Å². The van der Waals surface area contributed by atoms with E-state index in [-0.39, 0.29) is 18.0 Å². The van der Waals surface area contributed by atoms with Crippen LogP contribution < -0.4 is 10.2 Å². The number of amides is 2. The van der Waals surface area contributed by atoms with Crippen LogP contribution in [0.3, 0.4) is 0 Å². The molecule has 1 atom stereocenters. The highest BCUT2D eigenvalue weighted by Crippen LogP contribution is 2.22. The minimum atomic E-state index is -0.369. The Labute approximate surface area is 99.4 Å². The lowest BCUT2D eigenvalue weighted by atomic mass is 10.2. The molecule has 0 spiro atoms. The van der Waals surface area contributed by atoms with Crippen LogP contribution in [0.5, 0.6) is 0 Å². The zero-order valence-electron chi connectivity index (χ0n) is 9.55. The van der Waals surface area contributed by atoms with Crippen LogP contribution in [0.2, 0.25) is 0 Å². The van der Waals surface area contributed by atoms with Gasteiger partial charge in [0.15, 0.2) is 0 Å². The van der Waals surface area contributed by atoms with Gasteiger partial charge in [-0.1, -0.05) is 18.2 Å². The van der Waals surface area contributed by atoms with Crippen LogP contribution in [0.15, 0.2) is 30.3 Å². The number of cyclic esters (lactones) is 1. The number of hydrogen-bond donors (Lipinski definition) is 1. The highest BCUT2D eigenvalue weighted by atomic mass is 16.6. The van der Waals surface area contributed by atoms with Gasteiger partial charge in [-0.2, -0.15) is 0 Å². The van der Waals surface area contributed by atoms with Crippen LogP contribution in [0, 0.1) is 0 Å². The number of benzene rings is 1. The molecule has 0 aliphatic carbocycles. The number of carbonyl (C=O) groups is 2. The van der Waals surface area contributed by atoms with Crippen molar-refractivity contribution in [1.82, 2.24) is 5.32 Å². The fourth-order valence-corrected chi connectivity index (χ4v) is 1.78. The van der Waals surface area contributed by atoms with E-state index >= 15 is 0 Å². The van der Waals surface area contributed by atoms with Crippen LogP contribution >= 0.6 is 0 Å². The second-order valence-electron chi connectivity index (χ2n) is 3.87. The molecular weight excluding hydrogens is 220 g/mol. The number of anilines is 1. The number of ether oxygens (including phenoxy) is 1. The lowest BCUT2D eigenvalue weighted by Gasteiger charge is -2.21. The smallest absolute Gasteiger partial charge is 0.414 e. The molecule has 1 fully saturated rings. The monoisotopic (exact) mass is 234 g/mol. The van der Waals surface area contributed by atoms with Crippen molar-refractivity contribution >= 4 is 17.7 Å². The fraction of sp³-hybridized carbons (Fsp3) is 0.333. The zero-order chi connectivity index (χ0) is 12.3. The van der Waals surface area contributed by atoms with Gasteiger partial charge in [0.25, 0.3) is 0 Å². The largest absolute Gasteiger partial charge is 0.447 e. The van der Waals surface area contributed by atoms with Crippen LogP contribution in [-0.2, 0) is 9.53 Å². The minimum absolute atomic E-state index is 0.114. The summed E-state index contributed by atoms with van der Waals surface area (Å²) in [6, 6.07) is 9.13. The van der Waals surface area contributed by atoms with Crippen molar-refractivity contribution in [1.29, 1.82) is 0 Å². The van der Waals surface area contributed by atoms with Crippen molar-refractivity contribution in [2.24, 2.45) is 0 Å². The van der Waals surface area contributed by atoms with Crippen LogP contribution in [-0.4, -0.2) is 31.2 Å². The predicted octanol–water partition coefficient (Wildman–Crippen LogP) is 1.15. The molecule has 1 saturated heterocycles. The van der Waals surface area contributed by atoms with Gasteiger partial charge in [0, 0.05) is 19.2 Å². The second-order valence-corrected chi connectivity index (χ2v) is 3.87. The number of para-hydroxylation sites is 1. The van der Waals surface area contributed by atoms with E-state index in [1.54, 1.807) is 4.90 Å². The van der Waals surface area contributed by atoms with Crippen molar-refractivity contribution in [3.63, 3.8) is 0 Å². The Morgan fingerprint density at radius 1 is 1.47 bits per heavy atom. The summed E-state index contributed by atoms with van der Waals surface area (Å²) >= 11 is 0. The van der Waals surface area contributed by atoms with Crippen molar-refractivity contribution in [2.45, 2.75) is 13.0 Å². The molecule has 1 N–H and O–H groups in total. The summed E-state index contributed by atoms with van der Waals surface area (Å²) in [5, 5.41) is 2.69. The summed E-state index contributed by atoms with van der Waals surface area (Å²) in [6.07, 6.45) is -0.369. The molecule has 1 unspecified atom stereocenters. The maximum absolute atomic E-state index is 11.6. The fourth-order valence-electron chi connectivity index (χ4n) is 1.78. The molecule has 5 nitrogen and oxygen atoms in total. The molecule has 1 aromatic carbocycles. The Bertz CT molecular complexity index is 419. The first kappa shape index (κ1) is 11.4. The molecule has 0 aromatic heterocycles. The van der Waals surface area contributed by atoms with Gasteiger partial charge < -0.3 is 10.1 Å². The maximum atomic E-state index is 11.6. The lowest BCUT2D eigenvalue weighted by Crippen LogP contribution is -2.42. The Morgan fingerprint density at radius 3 is 2.82 bits per heavy atom. The topological polar surface area (TPSA) is 58.6 Å². The molecule has 2 amide bonds. The minimum Gasteiger partial charge on any atom is -0.447 e. The molecule has 90 valence electrons. The van der Waals surface area contributed by atoms with E-state index < -0.39 is 0 Å². The first-order chi connectivity index (χ1) is 8.18. The van der Waals surface area contributed by atoms with Gasteiger partial charge in [0.2, 0.25) is 5.91 Å². The summed E-state index contributed by atoms with van der Waals surface area (Å²) in [7, 11) is 0. The Balaban J connectivity index is 2.12. The highest BCUT2D eigenvalue weighted by Gasteiger charge is 2.33. The van der Waals surface area contributed by atoms with Gasteiger partial charge >= 0.3 is 6.09 Å². The van der Waals surface area contributed by atoms with E-state index in [9.17, 15) is 9.59 Å². The molecule has 1 aliphatic rings. The van der Waals surface area contributed by atoms with E-state index in [2.05, 4.69) is 5.32 Å². The van der Waals surface area contributed by atoms with Gasteiger partial charge in [0.05, 0.1) is 6.04 Å². The summed E-state index contributed by atoms with van der Waals surface area (Å²) in [5.74, 6) is -0.114. The maximum Gasteiger partial charge on any atom is 0.414 e. The number of nitrogens with one attached hydrogen (secondary N) is 1. The Morgan fingerprint density at radius 2 is 2.18 bits per heavy atom. The van der Waals surface area contributed by atoms with E-state index in [1.807, 2.05) is 30.3 Å². The van der Waals surface area contributed by atoms with Gasteiger partial charge in [-0.05, 0) is 12.1 Å². The first-order valence-electron chi connectivity index (χ1n) is 5.44. The molecule has 17 heavy (non-hydrogen) atoms. The average molecular weight is 234 g/mol. The number of nitrogens with zero attached hydrogens (tertiary/aromatic N) is 1. The quantitative estimate of drug-likeness (QED) is 0.853. The second kappa shape index (κ2) is 4.86. The van der Waals surface area contributed by atoms with E-state index in [0.717, 1.165) is 5.69 Å². The van der Waals surface area contributed by atoms with Crippen molar-refractivity contribution in [3.05, 3.63) is 30.3 Å². The number of rotatable bonds is 3. The summed E-state index contributed by atoms with van der Waals surface area (Å²) in [4.78, 5) is 24.1. The molecule has 2 rings (SSSR count). The molecule has 1 aliphatic heterocycles. The van der Waals surface area contributed by atoms with Crippen LogP contribution in [0.4, 0.5) is 10.5 Å². The van der Waals surface area contributed by atoms with E-state index in [1.165, 1.54) is 6.92 Å². The van der Waals surface area contributed by atoms with E-state index in [4.69, 9.17) is 4.74 Å². The zero-order valence-corrected chi connectivity index (χ0v) is 9.55. The van der Waals surface area contributed by atoms with Crippen LogP contribution in [0.25, 0.3) is 0 Å². The van der Waals surface area contributed by atoms with Gasteiger partial charge in [-0.3, -0.25) is 9.69 Å².